The minimum absolute atomic E-state index is 0.00421. The topological polar surface area (TPSA) is 97.2 Å². The fourth-order valence-electron chi connectivity index (χ4n) is 2.68. The Bertz CT molecular complexity index is 669. The number of pyridine rings is 1. The highest BCUT2D eigenvalue weighted by atomic mass is 16.3. The van der Waals surface area contributed by atoms with Gasteiger partial charge in [0.25, 0.3) is 5.56 Å². The first-order valence-corrected chi connectivity index (χ1v) is 7.79. The number of aliphatic hydroxyl groups excluding tert-OH is 1. The number of amides is 1. The zero-order valence-corrected chi connectivity index (χ0v) is 14.4. The first kappa shape index (κ1) is 18.9. The Kier molecular flexibility index (Phi) is 6.52. The molecule has 0 fully saturated rings. The van der Waals surface area contributed by atoms with Gasteiger partial charge in [-0.25, -0.2) is 0 Å². The molecule has 1 atom stereocenters. The third-order valence-electron chi connectivity index (χ3n) is 3.91. The highest BCUT2D eigenvalue weighted by molar-refractivity contribution is 5.77. The van der Waals surface area contributed by atoms with Crippen molar-refractivity contribution in [1.29, 1.82) is 5.26 Å². The van der Waals surface area contributed by atoms with Crippen molar-refractivity contribution in [1.82, 2.24) is 9.88 Å². The molecule has 6 heteroatoms. The third-order valence-corrected chi connectivity index (χ3v) is 3.91. The lowest BCUT2D eigenvalue weighted by molar-refractivity contribution is -0.134. The molecule has 0 saturated carbocycles. The third kappa shape index (κ3) is 4.67. The number of aliphatic hydroxyl groups is 1. The predicted octanol–water partition coefficient (Wildman–Crippen LogP) is 1.41. The molecule has 1 heterocycles. The standard InChI is InChI=1S/C17H25N3O3/c1-10(2)20(9-11(3)21)16(22)7-6-14-12(4)15(8-18)17(23)19-13(14)5/h10-11,21H,6-7,9H2,1-5H3,(H,19,23). The van der Waals surface area contributed by atoms with Gasteiger partial charge in [-0.1, -0.05) is 0 Å². The summed E-state index contributed by atoms with van der Waals surface area (Å²) < 4.78 is 0. The average molecular weight is 319 g/mol. The van der Waals surface area contributed by atoms with E-state index in [-0.39, 0.29) is 23.9 Å². The van der Waals surface area contributed by atoms with Crippen molar-refractivity contribution in [2.24, 2.45) is 0 Å². The predicted molar refractivity (Wildman–Crippen MR) is 88.1 cm³/mol. The maximum absolute atomic E-state index is 12.4. The van der Waals surface area contributed by atoms with Crippen LogP contribution in [0.1, 0.15) is 49.6 Å². The lowest BCUT2D eigenvalue weighted by Crippen LogP contribution is -2.41. The second kappa shape index (κ2) is 7.93. The van der Waals surface area contributed by atoms with Gasteiger partial charge in [-0.15, -0.1) is 0 Å². The van der Waals surface area contributed by atoms with Crippen LogP contribution in [0.15, 0.2) is 4.79 Å². The van der Waals surface area contributed by atoms with Gasteiger partial charge in [0.1, 0.15) is 11.6 Å². The van der Waals surface area contributed by atoms with Crippen molar-refractivity contribution in [2.75, 3.05) is 6.54 Å². The molecule has 1 rings (SSSR count). The van der Waals surface area contributed by atoms with Gasteiger partial charge in [0.05, 0.1) is 6.10 Å². The summed E-state index contributed by atoms with van der Waals surface area (Å²) in [5.74, 6) is -0.0515. The number of aromatic nitrogens is 1. The lowest BCUT2D eigenvalue weighted by atomic mass is 9.98. The van der Waals surface area contributed by atoms with Crippen LogP contribution >= 0.6 is 0 Å². The molecule has 0 radical (unpaired) electrons. The fourth-order valence-corrected chi connectivity index (χ4v) is 2.68. The molecule has 0 aliphatic heterocycles. The number of hydrogen-bond donors (Lipinski definition) is 2. The van der Waals surface area contributed by atoms with Crippen LogP contribution in [0.25, 0.3) is 0 Å². The zero-order valence-electron chi connectivity index (χ0n) is 14.4. The monoisotopic (exact) mass is 319 g/mol. The van der Waals surface area contributed by atoms with Crippen LogP contribution in [0.2, 0.25) is 0 Å². The van der Waals surface area contributed by atoms with Gasteiger partial charge in [0.2, 0.25) is 5.91 Å². The molecule has 23 heavy (non-hydrogen) atoms. The molecule has 1 amide bonds. The second-order valence-corrected chi connectivity index (χ2v) is 6.16. The van der Waals surface area contributed by atoms with E-state index in [4.69, 9.17) is 5.26 Å². The largest absolute Gasteiger partial charge is 0.392 e. The molecule has 0 saturated heterocycles. The number of rotatable bonds is 6. The van der Waals surface area contributed by atoms with E-state index in [0.717, 1.165) is 5.56 Å². The maximum atomic E-state index is 12.4. The number of nitrogens with zero attached hydrogens (tertiary/aromatic N) is 2. The van der Waals surface area contributed by atoms with Gasteiger partial charge >= 0.3 is 0 Å². The van der Waals surface area contributed by atoms with Crippen molar-refractivity contribution < 1.29 is 9.90 Å². The molecule has 1 aromatic heterocycles. The molecular weight excluding hydrogens is 294 g/mol. The number of aromatic amines is 1. The first-order valence-electron chi connectivity index (χ1n) is 7.79. The minimum atomic E-state index is -0.580. The van der Waals surface area contributed by atoms with Crippen LogP contribution < -0.4 is 5.56 Å². The highest BCUT2D eigenvalue weighted by Gasteiger charge is 2.20. The Balaban J connectivity index is 2.96. The molecule has 0 spiro atoms. The van der Waals surface area contributed by atoms with Crippen molar-refractivity contribution >= 4 is 5.91 Å². The summed E-state index contributed by atoms with van der Waals surface area (Å²) in [5, 5.41) is 18.6. The number of aryl methyl sites for hydroxylation is 1. The zero-order chi connectivity index (χ0) is 17.7. The number of H-pyrrole nitrogens is 1. The Hall–Kier alpha value is -2.13. The van der Waals surface area contributed by atoms with Crippen LogP contribution in [0, 0.1) is 25.2 Å². The van der Waals surface area contributed by atoms with Crippen LogP contribution in [0.4, 0.5) is 0 Å². The Morgan fingerprint density at radius 1 is 1.35 bits per heavy atom. The molecule has 0 aliphatic rings. The molecule has 2 N–H and O–H groups in total. The van der Waals surface area contributed by atoms with Crippen molar-refractivity contribution in [2.45, 2.75) is 59.6 Å². The summed E-state index contributed by atoms with van der Waals surface area (Å²) in [5.41, 5.74) is 1.85. The molecule has 126 valence electrons. The smallest absolute Gasteiger partial charge is 0.266 e. The maximum Gasteiger partial charge on any atom is 0.266 e. The number of carbonyl (C=O) groups excluding carboxylic acids is 1. The quantitative estimate of drug-likeness (QED) is 0.828. The summed E-state index contributed by atoms with van der Waals surface area (Å²) in [4.78, 5) is 28.4. The Labute approximate surface area is 136 Å². The summed E-state index contributed by atoms with van der Waals surface area (Å²) in [6.07, 6.45) is 0.136. The molecule has 0 aromatic carbocycles. The van der Waals surface area contributed by atoms with Crippen LogP contribution in [-0.4, -0.2) is 39.6 Å². The Morgan fingerprint density at radius 2 is 1.96 bits per heavy atom. The van der Waals surface area contributed by atoms with Gasteiger partial charge in [-0.2, -0.15) is 5.26 Å². The highest BCUT2D eigenvalue weighted by Crippen LogP contribution is 2.16. The second-order valence-electron chi connectivity index (χ2n) is 6.16. The normalized spacial score (nSPS) is 12.1. The van der Waals surface area contributed by atoms with Crippen LogP contribution in [0.3, 0.4) is 0 Å². The molecule has 1 unspecified atom stereocenters. The molecule has 1 aromatic rings. The number of nitrogens with one attached hydrogen (secondary N) is 1. The van der Waals surface area contributed by atoms with E-state index < -0.39 is 11.7 Å². The van der Waals surface area contributed by atoms with E-state index in [1.54, 1.807) is 25.7 Å². The van der Waals surface area contributed by atoms with Crippen LogP contribution in [0.5, 0.6) is 0 Å². The number of hydrogen-bond acceptors (Lipinski definition) is 4. The number of nitriles is 1. The molecule has 6 nitrogen and oxygen atoms in total. The van der Waals surface area contributed by atoms with Crippen LogP contribution in [-0.2, 0) is 11.2 Å². The summed E-state index contributed by atoms with van der Waals surface area (Å²) in [6, 6.07) is 1.92. The SMILES string of the molecule is Cc1[nH]c(=O)c(C#N)c(C)c1CCC(=O)N(CC(C)O)C(C)C. The molecular formula is C17H25N3O3. The average Bonchev–Trinajstić information content (AvgIpc) is 2.43. The summed E-state index contributed by atoms with van der Waals surface area (Å²) in [7, 11) is 0. The summed E-state index contributed by atoms with van der Waals surface area (Å²) in [6.45, 7) is 9.26. The summed E-state index contributed by atoms with van der Waals surface area (Å²) >= 11 is 0. The van der Waals surface area contributed by atoms with Gasteiger partial charge in [-0.05, 0) is 52.2 Å². The van der Waals surface area contributed by atoms with Gasteiger partial charge < -0.3 is 15.0 Å². The van der Waals surface area contributed by atoms with E-state index in [1.165, 1.54) is 0 Å². The number of carbonyl (C=O) groups is 1. The van der Waals surface area contributed by atoms with Gasteiger partial charge in [-0.3, -0.25) is 9.59 Å². The van der Waals surface area contributed by atoms with E-state index >= 15 is 0 Å². The molecule has 0 aliphatic carbocycles. The van der Waals surface area contributed by atoms with Gasteiger partial charge in [0.15, 0.2) is 0 Å². The van der Waals surface area contributed by atoms with Crippen molar-refractivity contribution in [3.05, 3.63) is 32.7 Å². The Morgan fingerprint density at radius 3 is 2.43 bits per heavy atom. The van der Waals surface area contributed by atoms with Crippen molar-refractivity contribution in [3.63, 3.8) is 0 Å². The van der Waals surface area contributed by atoms with E-state index in [9.17, 15) is 14.7 Å². The minimum Gasteiger partial charge on any atom is -0.392 e. The lowest BCUT2D eigenvalue weighted by Gasteiger charge is -2.28. The van der Waals surface area contributed by atoms with Gasteiger partial charge in [0, 0.05) is 24.7 Å². The fraction of sp³-hybridized carbons (Fsp3) is 0.588. The van der Waals surface area contributed by atoms with E-state index in [1.807, 2.05) is 19.9 Å². The van der Waals surface area contributed by atoms with E-state index in [0.29, 0.717) is 24.2 Å². The van der Waals surface area contributed by atoms with E-state index in [2.05, 4.69) is 4.98 Å². The molecule has 0 bridgehead atoms. The first-order chi connectivity index (χ1) is 10.7. The van der Waals surface area contributed by atoms with Crippen molar-refractivity contribution in [3.8, 4) is 6.07 Å².